The molecule has 3 N–H and O–H groups in total. The van der Waals surface area contributed by atoms with Gasteiger partial charge < -0.3 is 10.6 Å². The Bertz CT molecular complexity index is 841. The van der Waals surface area contributed by atoms with Gasteiger partial charge in [0.2, 0.25) is 0 Å². The Hall–Kier alpha value is -2.70. The van der Waals surface area contributed by atoms with Crippen LogP contribution in [0.2, 0.25) is 0 Å². The molecule has 1 saturated heterocycles. The second-order valence-corrected chi connectivity index (χ2v) is 6.05. The van der Waals surface area contributed by atoms with Gasteiger partial charge in [-0.1, -0.05) is 0 Å². The number of aromatic amines is 1. The predicted octanol–water partition coefficient (Wildman–Crippen LogP) is 2.02. The number of aryl methyl sites for hydroxylation is 1. The highest BCUT2D eigenvalue weighted by atomic mass is 15.2. The van der Waals surface area contributed by atoms with Crippen LogP contribution < -0.4 is 10.6 Å². The summed E-state index contributed by atoms with van der Waals surface area (Å²) in [6, 6.07) is 3.97. The van der Waals surface area contributed by atoms with Gasteiger partial charge in [-0.25, -0.2) is 15.0 Å². The van der Waals surface area contributed by atoms with Crippen molar-refractivity contribution in [3.05, 3.63) is 35.9 Å². The number of piperidine rings is 1. The third-order valence-electron chi connectivity index (χ3n) is 4.52. The first kappa shape index (κ1) is 13.9. The van der Waals surface area contributed by atoms with E-state index in [2.05, 4.69) is 37.0 Å². The summed E-state index contributed by atoms with van der Waals surface area (Å²) < 4.78 is 0. The number of hydrogen-bond acceptors (Lipinski definition) is 6. The maximum atomic E-state index is 5.93. The molecule has 3 aromatic heterocycles. The minimum Gasteiger partial charge on any atom is -0.382 e. The minimum atomic E-state index is 0.426. The molecule has 1 aliphatic heterocycles. The largest absolute Gasteiger partial charge is 0.382 e. The van der Waals surface area contributed by atoms with E-state index in [0.29, 0.717) is 17.3 Å². The number of nitrogen functional groups attached to an aromatic ring is 1. The Morgan fingerprint density at radius 3 is 3.04 bits per heavy atom. The van der Waals surface area contributed by atoms with Crippen LogP contribution in [0.3, 0.4) is 0 Å². The van der Waals surface area contributed by atoms with Crippen LogP contribution in [-0.4, -0.2) is 38.2 Å². The first-order valence-electron chi connectivity index (χ1n) is 7.84. The zero-order chi connectivity index (χ0) is 15.8. The highest BCUT2D eigenvalue weighted by molar-refractivity contribution is 5.84. The van der Waals surface area contributed by atoms with Crippen LogP contribution in [0, 0.1) is 6.92 Å². The highest BCUT2D eigenvalue weighted by Gasteiger charge is 2.24. The molecule has 0 bridgehead atoms. The monoisotopic (exact) mass is 309 g/mol. The maximum Gasteiger partial charge on any atom is 0.153 e. The summed E-state index contributed by atoms with van der Waals surface area (Å²) in [5, 5.41) is 7.30. The standard InChI is InChI=1S/C16H19N7/c1-10-7-20-22-14(10)11-3-2-6-23(8-11)13-5-4-12-15(21-13)16(17)19-9-18-12/h4-5,7,9,11H,2-3,6,8H2,1H3,(H,20,22)(H2,17,18,19)/t11-/m0/s1. The van der Waals surface area contributed by atoms with Gasteiger partial charge in [-0.05, 0) is 37.5 Å². The van der Waals surface area contributed by atoms with E-state index >= 15 is 0 Å². The summed E-state index contributed by atoms with van der Waals surface area (Å²) >= 11 is 0. The molecule has 7 heteroatoms. The number of nitrogens with zero attached hydrogens (tertiary/aromatic N) is 5. The lowest BCUT2D eigenvalue weighted by atomic mass is 9.93. The molecule has 0 spiro atoms. The highest BCUT2D eigenvalue weighted by Crippen LogP contribution is 2.30. The minimum absolute atomic E-state index is 0.426. The van der Waals surface area contributed by atoms with Crippen molar-refractivity contribution in [2.45, 2.75) is 25.7 Å². The quantitative estimate of drug-likeness (QED) is 0.752. The molecule has 0 amide bonds. The van der Waals surface area contributed by atoms with Gasteiger partial charge in [-0.3, -0.25) is 5.10 Å². The summed E-state index contributed by atoms with van der Waals surface area (Å²) in [5.74, 6) is 1.81. The fourth-order valence-electron chi connectivity index (χ4n) is 3.32. The lowest BCUT2D eigenvalue weighted by molar-refractivity contribution is 0.497. The third-order valence-corrected chi connectivity index (χ3v) is 4.52. The molecule has 1 fully saturated rings. The summed E-state index contributed by atoms with van der Waals surface area (Å²) in [7, 11) is 0. The molecule has 4 rings (SSSR count). The molecule has 4 heterocycles. The fraction of sp³-hybridized carbons (Fsp3) is 0.375. The zero-order valence-corrected chi connectivity index (χ0v) is 13.0. The van der Waals surface area contributed by atoms with E-state index in [0.717, 1.165) is 30.8 Å². The lowest BCUT2D eigenvalue weighted by Crippen LogP contribution is -2.35. The van der Waals surface area contributed by atoms with Gasteiger partial charge in [0, 0.05) is 24.7 Å². The molecule has 0 radical (unpaired) electrons. The summed E-state index contributed by atoms with van der Waals surface area (Å²) in [6.07, 6.45) is 5.65. The predicted molar refractivity (Wildman–Crippen MR) is 89.3 cm³/mol. The number of nitrogens with two attached hydrogens (primary N) is 1. The molecule has 0 saturated carbocycles. The first-order valence-corrected chi connectivity index (χ1v) is 7.84. The molecule has 3 aromatic rings. The van der Waals surface area contributed by atoms with E-state index < -0.39 is 0 Å². The topological polar surface area (TPSA) is 96.6 Å². The molecular weight excluding hydrogens is 290 g/mol. The number of anilines is 2. The van der Waals surface area contributed by atoms with Gasteiger partial charge in [0.05, 0.1) is 11.7 Å². The first-order chi connectivity index (χ1) is 11.2. The van der Waals surface area contributed by atoms with E-state index in [1.807, 2.05) is 18.3 Å². The van der Waals surface area contributed by atoms with Crippen molar-refractivity contribution in [1.29, 1.82) is 0 Å². The van der Waals surface area contributed by atoms with Crippen molar-refractivity contribution < 1.29 is 0 Å². The number of nitrogens with one attached hydrogen (secondary N) is 1. The molecule has 7 nitrogen and oxygen atoms in total. The van der Waals surface area contributed by atoms with Crippen molar-refractivity contribution in [3.63, 3.8) is 0 Å². The Morgan fingerprint density at radius 2 is 2.22 bits per heavy atom. The molecule has 0 unspecified atom stereocenters. The van der Waals surface area contributed by atoms with Crippen LogP contribution in [0.4, 0.5) is 11.6 Å². The van der Waals surface area contributed by atoms with Crippen molar-refractivity contribution in [2.75, 3.05) is 23.7 Å². The summed E-state index contributed by atoms with van der Waals surface area (Å²) in [4.78, 5) is 15.2. The van der Waals surface area contributed by atoms with Crippen LogP contribution in [0.15, 0.2) is 24.7 Å². The van der Waals surface area contributed by atoms with Gasteiger partial charge in [-0.2, -0.15) is 5.10 Å². The van der Waals surface area contributed by atoms with E-state index in [-0.39, 0.29) is 0 Å². The average molecular weight is 309 g/mol. The van der Waals surface area contributed by atoms with Gasteiger partial charge in [0.15, 0.2) is 5.82 Å². The number of fused-ring (bicyclic) bond motifs is 1. The Balaban J connectivity index is 1.65. The molecule has 23 heavy (non-hydrogen) atoms. The van der Waals surface area contributed by atoms with Crippen LogP contribution in [0.1, 0.15) is 30.0 Å². The number of H-pyrrole nitrogens is 1. The Labute approximate surface area is 134 Å². The zero-order valence-electron chi connectivity index (χ0n) is 13.0. The van der Waals surface area contributed by atoms with Crippen LogP contribution in [0.25, 0.3) is 11.0 Å². The van der Waals surface area contributed by atoms with E-state index in [9.17, 15) is 0 Å². The fourth-order valence-corrected chi connectivity index (χ4v) is 3.32. The normalized spacial score (nSPS) is 18.5. The van der Waals surface area contributed by atoms with Crippen molar-refractivity contribution in [2.24, 2.45) is 0 Å². The number of rotatable bonds is 2. The maximum absolute atomic E-state index is 5.93. The summed E-state index contributed by atoms with van der Waals surface area (Å²) in [6.45, 7) is 4.02. The molecular formula is C16H19N7. The van der Waals surface area contributed by atoms with E-state index in [1.54, 1.807) is 0 Å². The van der Waals surface area contributed by atoms with E-state index in [1.165, 1.54) is 24.0 Å². The van der Waals surface area contributed by atoms with Crippen molar-refractivity contribution in [1.82, 2.24) is 25.1 Å². The van der Waals surface area contributed by atoms with Gasteiger partial charge in [0.1, 0.15) is 17.7 Å². The number of pyridine rings is 1. The van der Waals surface area contributed by atoms with Crippen LogP contribution >= 0.6 is 0 Å². The number of hydrogen-bond donors (Lipinski definition) is 2. The Kier molecular flexibility index (Phi) is 3.33. The molecule has 1 aliphatic rings. The van der Waals surface area contributed by atoms with Crippen molar-refractivity contribution >= 4 is 22.7 Å². The second kappa shape index (κ2) is 5.49. The van der Waals surface area contributed by atoms with E-state index in [4.69, 9.17) is 5.73 Å². The van der Waals surface area contributed by atoms with Gasteiger partial charge in [0.25, 0.3) is 0 Å². The molecule has 0 aromatic carbocycles. The molecule has 118 valence electrons. The van der Waals surface area contributed by atoms with Crippen LogP contribution in [-0.2, 0) is 0 Å². The molecule has 1 atom stereocenters. The van der Waals surface area contributed by atoms with Gasteiger partial charge >= 0.3 is 0 Å². The van der Waals surface area contributed by atoms with Gasteiger partial charge in [-0.15, -0.1) is 0 Å². The lowest BCUT2D eigenvalue weighted by Gasteiger charge is -2.33. The number of aromatic nitrogens is 5. The molecule has 0 aliphatic carbocycles. The van der Waals surface area contributed by atoms with Crippen molar-refractivity contribution in [3.8, 4) is 0 Å². The van der Waals surface area contributed by atoms with Crippen LogP contribution in [0.5, 0.6) is 0 Å². The Morgan fingerprint density at radius 1 is 1.30 bits per heavy atom. The second-order valence-electron chi connectivity index (χ2n) is 6.05. The SMILES string of the molecule is Cc1cn[nH]c1[C@H]1CCCN(c2ccc3ncnc(N)c3n2)C1. The average Bonchev–Trinajstić information content (AvgIpc) is 3.01. The third kappa shape index (κ3) is 2.48. The smallest absolute Gasteiger partial charge is 0.153 e. The summed E-state index contributed by atoms with van der Waals surface area (Å²) in [5.41, 5.74) is 9.84.